The van der Waals surface area contributed by atoms with Crippen molar-refractivity contribution in [1.82, 2.24) is 9.55 Å². The zero-order valence-corrected chi connectivity index (χ0v) is 24.9. The molecule has 0 bridgehead atoms. The molecule has 0 spiro atoms. The van der Waals surface area contributed by atoms with Crippen LogP contribution in [0.25, 0.3) is 0 Å². The second-order valence-electron chi connectivity index (χ2n) is 9.94. The average Bonchev–Trinajstić information content (AvgIpc) is 3.38. The Balaban J connectivity index is 1.50. The number of aliphatic hydroxyl groups excluding tert-OH is 1. The predicted molar refractivity (Wildman–Crippen MR) is 155 cm³/mol. The Morgan fingerprint density at radius 1 is 1.07 bits per heavy atom. The Kier molecular flexibility index (Phi) is 8.91. The van der Waals surface area contributed by atoms with Gasteiger partial charge in [-0.25, -0.2) is 0 Å². The van der Waals surface area contributed by atoms with Crippen LogP contribution in [0.1, 0.15) is 30.2 Å². The molecule has 2 aromatic carbocycles. The van der Waals surface area contributed by atoms with E-state index >= 15 is 0 Å². The second-order valence-corrected chi connectivity index (χ2v) is 11.7. The number of nitrogens with zero attached hydrogens (tertiary/aromatic N) is 1. The van der Waals surface area contributed by atoms with E-state index in [9.17, 15) is 14.7 Å². The summed E-state index contributed by atoms with van der Waals surface area (Å²) < 4.78 is 26.3. The molecule has 41 heavy (non-hydrogen) atoms. The molecule has 0 radical (unpaired) electrons. The minimum absolute atomic E-state index is 0.0367. The van der Waals surface area contributed by atoms with Gasteiger partial charge in [0.1, 0.15) is 0 Å². The summed E-state index contributed by atoms with van der Waals surface area (Å²) in [5.41, 5.74) is 0.695. The molecule has 3 aromatic rings. The topological polar surface area (TPSA) is 112 Å². The van der Waals surface area contributed by atoms with Gasteiger partial charge in [-0.2, -0.15) is 0 Å². The van der Waals surface area contributed by atoms with Crippen molar-refractivity contribution in [2.75, 3.05) is 20.8 Å². The third kappa shape index (κ3) is 5.69. The van der Waals surface area contributed by atoms with E-state index in [0.717, 1.165) is 16.7 Å². The molecule has 1 aliphatic heterocycles. The summed E-state index contributed by atoms with van der Waals surface area (Å²) in [7, 11) is 3.22. The zero-order chi connectivity index (χ0) is 29.0. The van der Waals surface area contributed by atoms with Gasteiger partial charge in [-0.05, 0) is 0 Å². The normalized spacial score (nSPS) is 22.0. The van der Waals surface area contributed by atoms with Gasteiger partial charge >= 0.3 is 203 Å². The summed E-state index contributed by atoms with van der Waals surface area (Å²) in [5, 5.41) is 11.0. The van der Waals surface area contributed by atoms with Crippen LogP contribution in [-0.2, 0) is 24.5 Å². The number of hydrogen-bond donors (Lipinski definition) is 2. The van der Waals surface area contributed by atoms with Crippen LogP contribution >= 0.6 is 0 Å². The molecule has 216 valence electrons. The molecule has 1 fully saturated rings. The van der Waals surface area contributed by atoms with E-state index in [1.165, 1.54) is 10.8 Å². The van der Waals surface area contributed by atoms with Crippen molar-refractivity contribution in [1.29, 1.82) is 0 Å². The van der Waals surface area contributed by atoms with Crippen LogP contribution in [0.4, 0.5) is 0 Å². The number of benzene rings is 2. The van der Waals surface area contributed by atoms with Gasteiger partial charge < -0.3 is 9.47 Å². The number of H-pyrrole nitrogens is 1. The molecular formula is C31H34N2O7Se. The Labute approximate surface area is 244 Å². The molecule has 1 aromatic heterocycles. The van der Waals surface area contributed by atoms with E-state index in [1.807, 2.05) is 78.6 Å². The van der Waals surface area contributed by atoms with Gasteiger partial charge in [-0.3, -0.25) is 0 Å². The molecule has 1 aliphatic carbocycles. The van der Waals surface area contributed by atoms with Gasteiger partial charge in [0.2, 0.25) is 0 Å². The Morgan fingerprint density at radius 2 is 1.71 bits per heavy atom. The summed E-state index contributed by atoms with van der Waals surface area (Å²) in [4.78, 5) is 27.0. The van der Waals surface area contributed by atoms with Gasteiger partial charge in [0.25, 0.3) is 0 Å². The van der Waals surface area contributed by atoms with Crippen molar-refractivity contribution >= 4 is 19.4 Å². The molecule has 5 rings (SSSR count). The van der Waals surface area contributed by atoms with Crippen molar-refractivity contribution in [3.63, 3.8) is 0 Å². The maximum absolute atomic E-state index is 12.6. The number of aromatic amines is 1. The van der Waals surface area contributed by atoms with E-state index < -0.39 is 35.5 Å². The Bertz CT molecular complexity index is 1470. The molecule has 2 aliphatic rings. The fraction of sp³-hybridized carbons (Fsp3) is 0.355. The second kappa shape index (κ2) is 12.4. The van der Waals surface area contributed by atoms with Gasteiger partial charge in [0.15, 0.2) is 5.79 Å². The molecule has 0 unspecified atom stereocenters. The van der Waals surface area contributed by atoms with Crippen LogP contribution in [0, 0.1) is 0 Å². The zero-order valence-electron chi connectivity index (χ0n) is 23.2. The first kappa shape index (κ1) is 29.4. The number of hydrogen-bond acceptors (Lipinski definition) is 7. The number of nitrogens with one attached hydrogen (secondary N) is 1. The number of aromatic nitrogens is 2. The Hall–Kier alpha value is -3.08. The number of rotatable bonds is 10. The summed E-state index contributed by atoms with van der Waals surface area (Å²) in [6.45, 7) is 0.0367. The van der Waals surface area contributed by atoms with Crippen LogP contribution < -0.4 is 15.7 Å². The molecule has 3 atom stereocenters. The van der Waals surface area contributed by atoms with Gasteiger partial charge in [0, 0.05) is 14.2 Å². The molecule has 2 N–H and O–H groups in total. The van der Waals surface area contributed by atoms with Crippen molar-refractivity contribution in [3.05, 3.63) is 123 Å². The monoisotopic (exact) mass is 626 g/mol. The standard InChI is InChI=1S/C31H34N2O7Se/c1-37-30(38-2)16-14-23(15-17-30)31(21-10-6-4-7-11-21,22-12-8-5-9-13-22)39-20-25-24(34)18-27(40-25)33-19-26(41-3)28(35)32-29(33)36/h4-16,19,24-25,27,34H,17-18,20H2,1-3H3,(H,32,35,36)/t24-,25+,27+/m0/s1. The van der Waals surface area contributed by atoms with Crippen LogP contribution in [0.5, 0.6) is 0 Å². The summed E-state index contributed by atoms with van der Waals surface area (Å²) in [5.74, 6) is 1.03. The number of methoxy groups -OCH3 is 2. The minimum atomic E-state index is -1.04. The van der Waals surface area contributed by atoms with Crippen molar-refractivity contribution in [3.8, 4) is 0 Å². The SMILES string of the molecule is COC1(OC)C=CC(C(OC[C@H]2O[C@@H](n3cc([Se]C)c(=O)[nH]c3=O)C[C@@H]2O)(c2ccccc2)c2ccccc2)=CC1. The first-order chi connectivity index (χ1) is 19.9. The predicted octanol–water partition coefficient (Wildman–Crippen LogP) is 2.40. The van der Waals surface area contributed by atoms with Crippen molar-refractivity contribution < 1.29 is 24.1 Å². The first-order valence-electron chi connectivity index (χ1n) is 13.3. The van der Waals surface area contributed by atoms with Crippen LogP contribution in [0.15, 0.2) is 100 Å². The van der Waals surface area contributed by atoms with Crippen LogP contribution in [-0.4, -0.2) is 68.4 Å². The van der Waals surface area contributed by atoms with Gasteiger partial charge in [-0.15, -0.1) is 0 Å². The van der Waals surface area contributed by atoms with Crippen molar-refractivity contribution in [2.24, 2.45) is 0 Å². The summed E-state index contributed by atoms with van der Waals surface area (Å²) in [6, 6.07) is 19.8. The van der Waals surface area contributed by atoms with Gasteiger partial charge in [0.05, 0.1) is 0 Å². The number of aliphatic hydroxyl groups is 1. The van der Waals surface area contributed by atoms with E-state index in [-0.39, 0.29) is 33.5 Å². The number of ether oxygens (including phenoxy) is 4. The first-order valence-corrected chi connectivity index (χ1v) is 15.9. The fourth-order valence-electron chi connectivity index (χ4n) is 5.42. The van der Waals surface area contributed by atoms with Crippen molar-refractivity contribution in [2.45, 2.75) is 48.5 Å². The quantitative estimate of drug-likeness (QED) is 0.263. The molecule has 0 amide bonds. The molecule has 1 saturated heterocycles. The summed E-state index contributed by atoms with van der Waals surface area (Å²) >= 11 is -0.113. The molecule has 9 nitrogen and oxygen atoms in total. The maximum atomic E-state index is 12.6. The summed E-state index contributed by atoms with van der Waals surface area (Å²) in [6.07, 6.45) is 5.76. The Morgan fingerprint density at radius 3 is 2.24 bits per heavy atom. The van der Waals surface area contributed by atoms with Crippen LogP contribution in [0.2, 0.25) is 5.82 Å². The third-order valence-corrected chi connectivity index (χ3v) is 9.25. The molecular weight excluding hydrogens is 591 g/mol. The van der Waals surface area contributed by atoms with Gasteiger partial charge in [-0.1, -0.05) is 12.1 Å². The molecule has 10 heteroatoms. The average molecular weight is 626 g/mol. The third-order valence-electron chi connectivity index (χ3n) is 7.72. The fourth-order valence-corrected chi connectivity index (χ4v) is 6.37. The van der Waals surface area contributed by atoms with E-state index in [4.69, 9.17) is 18.9 Å². The van der Waals surface area contributed by atoms with E-state index in [2.05, 4.69) is 11.1 Å². The molecule has 2 heterocycles. The van der Waals surface area contributed by atoms with E-state index in [0.29, 0.717) is 10.9 Å². The van der Waals surface area contributed by atoms with E-state index in [1.54, 1.807) is 14.2 Å². The van der Waals surface area contributed by atoms with Crippen LogP contribution in [0.3, 0.4) is 0 Å². The molecule has 0 saturated carbocycles.